The summed E-state index contributed by atoms with van der Waals surface area (Å²) in [5, 5.41) is 29.7. The van der Waals surface area contributed by atoms with Crippen molar-refractivity contribution in [2.75, 3.05) is 26.3 Å². The van der Waals surface area contributed by atoms with Gasteiger partial charge in [0, 0.05) is 54.0 Å². The van der Waals surface area contributed by atoms with Gasteiger partial charge in [-0.05, 0) is 13.8 Å². The Morgan fingerprint density at radius 3 is 0.760 bits per heavy atom. The number of aliphatic carboxylic acids is 4. The molecule has 0 fully saturated rings. The molecule has 0 aliphatic rings. The van der Waals surface area contributed by atoms with E-state index in [-0.39, 0.29) is 0 Å². The van der Waals surface area contributed by atoms with Gasteiger partial charge in [0.15, 0.2) is 0 Å². The highest BCUT2D eigenvalue weighted by Gasteiger charge is 1.66. The van der Waals surface area contributed by atoms with Gasteiger partial charge in [-0.15, -0.1) is 0 Å². The van der Waals surface area contributed by atoms with Crippen molar-refractivity contribution in [3.05, 3.63) is 0 Å². The number of nitrogens with two attached hydrogens (primary N) is 2. The van der Waals surface area contributed by atoms with E-state index in [1.54, 1.807) is 0 Å². The van der Waals surface area contributed by atoms with Crippen LogP contribution in [0.25, 0.3) is 0 Å². The minimum atomic E-state index is -0.833. The van der Waals surface area contributed by atoms with Gasteiger partial charge in [0.25, 0.3) is 23.9 Å². The van der Waals surface area contributed by atoms with Gasteiger partial charge in [-0.2, -0.15) is 0 Å². The first-order chi connectivity index (χ1) is 11.3. The second-order valence-electron chi connectivity index (χ2n) is 3.43. The standard InChI is InChI=1S/C4H10O.C2H8N2.4C2H4O2/c1-3-5-4-2;3-1-2-4;4*1-2(3)4/h3-4H2,1-2H3;1-4H2;4*1H3,(H,3,4). The molecule has 11 heteroatoms. The third kappa shape index (κ3) is 14700. The molecule has 0 spiro atoms. The zero-order chi connectivity index (χ0) is 21.8. The Hall–Kier alpha value is -2.24. The zero-order valence-electron chi connectivity index (χ0n) is 15.8. The topological polar surface area (TPSA) is 210 Å². The molecule has 0 unspecified atom stereocenters. The van der Waals surface area contributed by atoms with Crippen LogP contribution in [0.4, 0.5) is 0 Å². The van der Waals surface area contributed by atoms with E-state index in [9.17, 15) is 0 Å². The molecule has 0 atom stereocenters. The van der Waals surface area contributed by atoms with Crippen LogP contribution >= 0.6 is 0 Å². The maximum absolute atomic E-state index is 9.00. The van der Waals surface area contributed by atoms with Crippen molar-refractivity contribution in [3.8, 4) is 0 Å². The molecule has 0 saturated carbocycles. The van der Waals surface area contributed by atoms with E-state index in [0.717, 1.165) is 40.9 Å². The smallest absolute Gasteiger partial charge is 0.300 e. The van der Waals surface area contributed by atoms with Crippen LogP contribution in [0.15, 0.2) is 0 Å². The van der Waals surface area contributed by atoms with Crippen LogP contribution in [0, 0.1) is 0 Å². The van der Waals surface area contributed by atoms with Gasteiger partial charge in [0.1, 0.15) is 0 Å². The molecular formula is C14H34N2O9. The van der Waals surface area contributed by atoms with Crippen molar-refractivity contribution in [2.45, 2.75) is 41.5 Å². The fourth-order valence-electron chi connectivity index (χ4n) is 0.204. The highest BCUT2D eigenvalue weighted by molar-refractivity contribution is 5.63. The highest BCUT2D eigenvalue weighted by atomic mass is 16.5. The number of carboxylic acids is 4. The van der Waals surface area contributed by atoms with Gasteiger partial charge in [-0.1, -0.05) is 0 Å². The first-order valence-electron chi connectivity index (χ1n) is 7.02. The maximum Gasteiger partial charge on any atom is 0.300 e. The second kappa shape index (κ2) is 43.0. The van der Waals surface area contributed by atoms with E-state index >= 15 is 0 Å². The quantitative estimate of drug-likeness (QED) is 0.395. The Morgan fingerprint density at radius 1 is 0.640 bits per heavy atom. The molecule has 0 rings (SSSR count). The van der Waals surface area contributed by atoms with Gasteiger partial charge in [-0.3, -0.25) is 19.2 Å². The molecule has 0 aromatic rings. The van der Waals surface area contributed by atoms with Crippen LogP contribution in [0.5, 0.6) is 0 Å². The monoisotopic (exact) mass is 374 g/mol. The third-order valence-corrected chi connectivity index (χ3v) is 0.575. The van der Waals surface area contributed by atoms with Gasteiger partial charge in [0.2, 0.25) is 0 Å². The predicted molar refractivity (Wildman–Crippen MR) is 93.5 cm³/mol. The lowest BCUT2D eigenvalue weighted by Crippen LogP contribution is -2.11. The summed E-state index contributed by atoms with van der Waals surface area (Å²) in [4.78, 5) is 36.0. The fraction of sp³-hybridized carbons (Fsp3) is 0.714. The molecule has 0 radical (unpaired) electrons. The normalized spacial score (nSPS) is 6.88. The van der Waals surface area contributed by atoms with Crippen LogP contribution in [-0.2, 0) is 23.9 Å². The summed E-state index contributed by atoms with van der Waals surface area (Å²) in [6.07, 6.45) is 0. The van der Waals surface area contributed by atoms with Crippen LogP contribution in [0.2, 0.25) is 0 Å². The molecule has 25 heavy (non-hydrogen) atoms. The summed E-state index contributed by atoms with van der Waals surface area (Å²) in [5.74, 6) is -3.33. The maximum atomic E-state index is 9.00. The van der Waals surface area contributed by atoms with E-state index < -0.39 is 23.9 Å². The number of rotatable bonds is 3. The second-order valence-corrected chi connectivity index (χ2v) is 3.43. The molecule has 0 bridgehead atoms. The molecule has 0 amide bonds. The fourth-order valence-corrected chi connectivity index (χ4v) is 0.204. The first-order valence-corrected chi connectivity index (χ1v) is 7.02. The van der Waals surface area contributed by atoms with Gasteiger partial charge in [-0.25, -0.2) is 0 Å². The van der Waals surface area contributed by atoms with Gasteiger partial charge in [0.05, 0.1) is 0 Å². The zero-order valence-corrected chi connectivity index (χ0v) is 15.8. The van der Waals surface area contributed by atoms with Crippen LogP contribution in [-0.4, -0.2) is 70.6 Å². The molecule has 0 aliphatic heterocycles. The summed E-state index contributed by atoms with van der Waals surface area (Å²) in [6.45, 7) is 11.2. The van der Waals surface area contributed by atoms with E-state index in [2.05, 4.69) is 0 Å². The summed E-state index contributed by atoms with van der Waals surface area (Å²) in [7, 11) is 0. The molecule has 0 aromatic heterocycles. The number of carboxylic acid groups (broad SMARTS) is 4. The van der Waals surface area contributed by atoms with Gasteiger partial charge < -0.3 is 36.6 Å². The highest BCUT2D eigenvalue weighted by Crippen LogP contribution is 1.64. The molecule has 0 saturated heterocycles. The van der Waals surface area contributed by atoms with Crippen molar-refractivity contribution in [2.24, 2.45) is 11.5 Å². The van der Waals surface area contributed by atoms with E-state index in [4.69, 9.17) is 55.8 Å². The van der Waals surface area contributed by atoms with Crippen molar-refractivity contribution < 1.29 is 44.3 Å². The molecule has 0 aliphatic carbocycles. The van der Waals surface area contributed by atoms with Crippen molar-refractivity contribution in [3.63, 3.8) is 0 Å². The minimum absolute atomic E-state index is 0.597. The van der Waals surface area contributed by atoms with Crippen LogP contribution in [0.3, 0.4) is 0 Å². The van der Waals surface area contributed by atoms with E-state index in [1.807, 2.05) is 13.8 Å². The summed E-state index contributed by atoms with van der Waals surface area (Å²) >= 11 is 0. The minimum Gasteiger partial charge on any atom is -0.481 e. The van der Waals surface area contributed by atoms with E-state index in [1.165, 1.54) is 0 Å². The van der Waals surface area contributed by atoms with Crippen molar-refractivity contribution in [1.29, 1.82) is 0 Å². The summed E-state index contributed by atoms with van der Waals surface area (Å²) in [5.41, 5.74) is 9.81. The molecule has 154 valence electrons. The first kappa shape index (κ1) is 38.4. The number of ether oxygens (including phenoxy) is 1. The Balaban J connectivity index is -0.0000000434. The molecule has 0 aromatic carbocycles. The number of hydrogen-bond donors (Lipinski definition) is 6. The average Bonchev–Trinajstić information content (AvgIpc) is 2.37. The van der Waals surface area contributed by atoms with Crippen molar-refractivity contribution >= 4 is 23.9 Å². The lowest BCUT2D eigenvalue weighted by atomic mass is 10.7. The van der Waals surface area contributed by atoms with Gasteiger partial charge >= 0.3 is 0 Å². The number of carbonyl (C=O) groups is 4. The predicted octanol–water partition coefficient (Wildman–Crippen LogP) is 0.310. The molecule has 11 nitrogen and oxygen atoms in total. The van der Waals surface area contributed by atoms with E-state index in [0.29, 0.717) is 13.1 Å². The summed E-state index contributed by atoms with van der Waals surface area (Å²) < 4.78 is 4.83. The lowest BCUT2D eigenvalue weighted by Gasteiger charge is -1.86. The third-order valence-electron chi connectivity index (χ3n) is 0.575. The Kier molecular flexibility index (Phi) is 66.1. The van der Waals surface area contributed by atoms with Crippen LogP contribution < -0.4 is 11.5 Å². The van der Waals surface area contributed by atoms with Crippen molar-refractivity contribution in [1.82, 2.24) is 0 Å². The molecular weight excluding hydrogens is 340 g/mol. The molecule has 0 heterocycles. The lowest BCUT2D eigenvalue weighted by molar-refractivity contribution is -0.135. The SMILES string of the molecule is CC(=O)O.CC(=O)O.CC(=O)O.CC(=O)O.CCOCC.NCCN. The van der Waals surface area contributed by atoms with Crippen LogP contribution in [0.1, 0.15) is 41.5 Å². The Labute approximate surface area is 148 Å². The largest absolute Gasteiger partial charge is 0.481 e. The summed E-state index contributed by atoms with van der Waals surface area (Å²) in [6, 6.07) is 0. The average molecular weight is 374 g/mol. The Morgan fingerprint density at radius 2 is 0.760 bits per heavy atom. The molecule has 8 N–H and O–H groups in total. The number of hydrogen-bond acceptors (Lipinski definition) is 7. The Bertz CT molecular complexity index is 230.